The van der Waals surface area contributed by atoms with E-state index in [2.05, 4.69) is 16.8 Å². The first-order valence-corrected chi connectivity index (χ1v) is 6.44. The van der Waals surface area contributed by atoms with Crippen LogP contribution in [0.15, 0.2) is 16.8 Å². The molecule has 1 aromatic rings. The number of carbonyl (C=O) groups is 1. The Labute approximate surface area is 93.9 Å². The van der Waals surface area contributed by atoms with Gasteiger partial charge in [0, 0.05) is 6.42 Å². The quantitative estimate of drug-likeness (QED) is 0.853. The second kappa shape index (κ2) is 4.79. The van der Waals surface area contributed by atoms with Crippen LogP contribution in [0, 0.1) is 5.92 Å². The molecule has 0 aromatic carbocycles. The van der Waals surface area contributed by atoms with Crippen LogP contribution in [-0.2, 0) is 4.79 Å². The molecule has 1 aromatic heterocycles. The average Bonchev–Trinajstić information content (AvgIpc) is 2.71. The monoisotopic (exact) mass is 224 g/mol. The molecule has 0 saturated heterocycles. The summed E-state index contributed by atoms with van der Waals surface area (Å²) < 4.78 is 0. The van der Waals surface area contributed by atoms with E-state index in [1.165, 1.54) is 5.56 Å². The van der Waals surface area contributed by atoms with Crippen LogP contribution in [0.5, 0.6) is 0 Å². The summed E-state index contributed by atoms with van der Waals surface area (Å²) in [6, 6.07) is 2.20. The van der Waals surface area contributed by atoms with Gasteiger partial charge in [-0.2, -0.15) is 11.3 Å². The van der Waals surface area contributed by atoms with Crippen LogP contribution < -0.4 is 0 Å². The van der Waals surface area contributed by atoms with E-state index < -0.39 is 5.97 Å². The molecule has 0 amide bonds. The Morgan fingerprint density at radius 3 is 2.67 bits per heavy atom. The van der Waals surface area contributed by atoms with Crippen LogP contribution in [0.1, 0.15) is 43.6 Å². The Balaban J connectivity index is 1.84. The van der Waals surface area contributed by atoms with Gasteiger partial charge in [-0.15, -0.1) is 0 Å². The molecule has 2 nitrogen and oxygen atoms in total. The van der Waals surface area contributed by atoms with Gasteiger partial charge in [-0.25, -0.2) is 0 Å². The van der Waals surface area contributed by atoms with Gasteiger partial charge < -0.3 is 5.11 Å². The predicted molar refractivity (Wildman–Crippen MR) is 61.3 cm³/mol. The summed E-state index contributed by atoms with van der Waals surface area (Å²) in [5.41, 5.74) is 1.45. The predicted octanol–water partition coefficient (Wildman–Crippen LogP) is 3.50. The maximum absolute atomic E-state index is 10.6. The van der Waals surface area contributed by atoms with Gasteiger partial charge in [0.25, 0.3) is 0 Å². The number of thiophene rings is 1. The van der Waals surface area contributed by atoms with E-state index in [0.717, 1.165) is 25.7 Å². The summed E-state index contributed by atoms with van der Waals surface area (Å²) in [7, 11) is 0. The second-order valence-electron chi connectivity index (χ2n) is 4.37. The molecule has 1 fully saturated rings. The standard InChI is InChI=1S/C12H16O2S/c13-12(14)7-9-1-3-10(4-2-9)11-5-6-15-8-11/h5-6,8-10H,1-4,7H2,(H,13,14). The molecular weight excluding hydrogens is 208 g/mol. The Bertz CT molecular complexity index is 310. The fourth-order valence-electron chi connectivity index (χ4n) is 2.45. The van der Waals surface area contributed by atoms with Gasteiger partial charge in [-0.05, 0) is 59.9 Å². The zero-order valence-corrected chi connectivity index (χ0v) is 9.50. The maximum Gasteiger partial charge on any atom is 0.303 e. The lowest BCUT2D eigenvalue weighted by molar-refractivity contribution is -0.138. The van der Waals surface area contributed by atoms with E-state index in [1.54, 1.807) is 11.3 Å². The molecule has 15 heavy (non-hydrogen) atoms. The Kier molecular flexibility index (Phi) is 3.41. The first-order valence-electron chi connectivity index (χ1n) is 5.49. The van der Waals surface area contributed by atoms with Gasteiger partial charge in [0.2, 0.25) is 0 Å². The van der Waals surface area contributed by atoms with Crippen molar-refractivity contribution < 1.29 is 9.90 Å². The second-order valence-corrected chi connectivity index (χ2v) is 5.15. The van der Waals surface area contributed by atoms with Crippen LogP contribution in [0.2, 0.25) is 0 Å². The lowest BCUT2D eigenvalue weighted by Gasteiger charge is -2.27. The fraction of sp³-hybridized carbons (Fsp3) is 0.583. The van der Waals surface area contributed by atoms with Crippen molar-refractivity contribution in [3.05, 3.63) is 22.4 Å². The van der Waals surface area contributed by atoms with Crippen LogP contribution in [0.3, 0.4) is 0 Å². The van der Waals surface area contributed by atoms with E-state index in [0.29, 0.717) is 18.3 Å². The Morgan fingerprint density at radius 2 is 2.13 bits per heavy atom. The summed E-state index contributed by atoms with van der Waals surface area (Å²) in [5.74, 6) is 0.452. The molecule has 1 saturated carbocycles. The van der Waals surface area contributed by atoms with Crippen LogP contribution >= 0.6 is 11.3 Å². The molecule has 0 unspecified atom stereocenters. The van der Waals surface area contributed by atoms with Crippen molar-refractivity contribution >= 4 is 17.3 Å². The van der Waals surface area contributed by atoms with Crippen molar-refractivity contribution in [1.82, 2.24) is 0 Å². The zero-order chi connectivity index (χ0) is 10.7. The van der Waals surface area contributed by atoms with Crippen LogP contribution in [0.25, 0.3) is 0 Å². The fourth-order valence-corrected chi connectivity index (χ4v) is 3.20. The van der Waals surface area contributed by atoms with Crippen molar-refractivity contribution in [2.45, 2.75) is 38.0 Å². The topological polar surface area (TPSA) is 37.3 Å². The highest BCUT2D eigenvalue weighted by molar-refractivity contribution is 7.07. The van der Waals surface area contributed by atoms with E-state index in [-0.39, 0.29) is 0 Å². The van der Waals surface area contributed by atoms with Crippen LogP contribution in [-0.4, -0.2) is 11.1 Å². The zero-order valence-electron chi connectivity index (χ0n) is 8.69. The molecular formula is C12H16O2S. The molecule has 3 heteroatoms. The molecule has 1 N–H and O–H groups in total. The minimum Gasteiger partial charge on any atom is -0.481 e. The normalized spacial score (nSPS) is 26.4. The number of hydrogen-bond acceptors (Lipinski definition) is 2. The third-order valence-electron chi connectivity index (χ3n) is 3.32. The third kappa shape index (κ3) is 2.81. The summed E-state index contributed by atoms with van der Waals surface area (Å²) in [6.45, 7) is 0. The molecule has 0 atom stereocenters. The van der Waals surface area contributed by atoms with Gasteiger partial charge >= 0.3 is 5.97 Å². The number of hydrogen-bond donors (Lipinski definition) is 1. The highest BCUT2D eigenvalue weighted by Crippen LogP contribution is 2.37. The molecule has 2 rings (SSSR count). The first kappa shape index (κ1) is 10.7. The van der Waals surface area contributed by atoms with E-state index in [4.69, 9.17) is 5.11 Å². The van der Waals surface area contributed by atoms with Gasteiger partial charge in [0.15, 0.2) is 0 Å². The largest absolute Gasteiger partial charge is 0.481 e. The molecule has 0 radical (unpaired) electrons. The van der Waals surface area contributed by atoms with Crippen molar-refractivity contribution in [3.63, 3.8) is 0 Å². The lowest BCUT2D eigenvalue weighted by atomic mass is 9.78. The number of carboxylic acids is 1. The van der Waals surface area contributed by atoms with Crippen molar-refractivity contribution in [3.8, 4) is 0 Å². The minimum absolute atomic E-state index is 0.357. The van der Waals surface area contributed by atoms with Crippen LogP contribution in [0.4, 0.5) is 0 Å². The third-order valence-corrected chi connectivity index (χ3v) is 4.03. The van der Waals surface area contributed by atoms with Crippen molar-refractivity contribution in [1.29, 1.82) is 0 Å². The van der Waals surface area contributed by atoms with E-state index >= 15 is 0 Å². The highest BCUT2D eigenvalue weighted by atomic mass is 32.1. The Hall–Kier alpha value is -0.830. The molecule has 1 aliphatic carbocycles. The van der Waals surface area contributed by atoms with Gasteiger partial charge in [-0.3, -0.25) is 4.79 Å². The average molecular weight is 224 g/mol. The molecule has 0 aliphatic heterocycles. The SMILES string of the molecule is O=C(O)CC1CCC(c2ccsc2)CC1. The summed E-state index contributed by atoms with van der Waals surface area (Å²) in [6.07, 6.45) is 4.83. The smallest absolute Gasteiger partial charge is 0.303 e. The van der Waals surface area contributed by atoms with Gasteiger partial charge in [0.1, 0.15) is 0 Å². The summed E-state index contributed by atoms with van der Waals surface area (Å²) in [4.78, 5) is 10.6. The molecule has 0 spiro atoms. The number of aliphatic carboxylic acids is 1. The van der Waals surface area contributed by atoms with Gasteiger partial charge in [-0.1, -0.05) is 0 Å². The number of rotatable bonds is 3. The summed E-state index contributed by atoms with van der Waals surface area (Å²) >= 11 is 1.75. The molecule has 0 bridgehead atoms. The number of carboxylic acid groups (broad SMARTS) is 1. The Morgan fingerprint density at radius 1 is 1.40 bits per heavy atom. The molecule has 1 heterocycles. The highest BCUT2D eigenvalue weighted by Gasteiger charge is 2.23. The summed E-state index contributed by atoms with van der Waals surface area (Å²) in [5, 5.41) is 13.1. The van der Waals surface area contributed by atoms with Crippen molar-refractivity contribution in [2.75, 3.05) is 0 Å². The van der Waals surface area contributed by atoms with Crippen molar-refractivity contribution in [2.24, 2.45) is 5.92 Å². The first-order chi connectivity index (χ1) is 7.25. The van der Waals surface area contributed by atoms with Gasteiger partial charge in [0.05, 0.1) is 0 Å². The lowest BCUT2D eigenvalue weighted by Crippen LogP contribution is -2.15. The maximum atomic E-state index is 10.6. The molecule has 1 aliphatic rings. The van der Waals surface area contributed by atoms with E-state index in [9.17, 15) is 4.79 Å². The van der Waals surface area contributed by atoms with E-state index in [1.807, 2.05) is 0 Å². The minimum atomic E-state index is -0.644. The molecule has 82 valence electrons.